The van der Waals surface area contributed by atoms with Crippen LogP contribution in [-0.2, 0) is 28.7 Å². The Balaban J connectivity index is 4.25. The van der Waals surface area contributed by atoms with Gasteiger partial charge in [0.15, 0.2) is 0 Å². The van der Waals surface area contributed by atoms with Crippen LogP contribution in [0.25, 0.3) is 0 Å². The number of hydrogen-bond donors (Lipinski definition) is 8. The lowest BCUT2D eigenvalue weighted by Gasteiger charge is -2.20. The maximum Gasteiger partial charge on any atom is 0.316 e. The van der Waals surface area contributed by atoms with Crippen molar-refractivity contribution in [1.82, 2.24) is 21.4 Å². The molecule has 11 N–H and O–H groups in total. The number of hydrazine groups is 1. The summed E-state index contributed by atoms with van der Waals surface area (Å²) in [6.07, 6.45) is -0.521. The fraction of sp³-hybridized carbons (Fsp3) is 0.643. The zero-order valence-electron chi connectivity index (χ0n) is 15.6. The Hall–Kier alpha value is -3.01. The number of carbonyl (C=O) groups excluding carboxylic acids is 5. The van der Waals surface area contributed by atoms with E-state index in [4.69, 9.17) is 26.8 Å². The molecule has 15 heteroatoms. The number of primary amides is 2. The second-order valence-electron chi connectivity index (χ2n) is 5.51. The summed E-state index contributed by atoms with van der Waals surface area (Å²) >= 11 is 0. The molecule has 0 aliphatic carbocycles. The summed E-state index contributed by atoms with van der Waals surface area (Å²) in [5, 5.41) is 15.9. The van der Waals surface area contributed by atoms with E-state index in [1.165, 1.54) is 0 Å². The molecule has 0 saturated heterocycles. The van der Waals surface area contributed by atoms with Crippen LogP contribution in [0.3, 0.4) is 0 Å². The summed E-state index contributed by atoms with van der Waals surface area (Å²) in [5.41, 5.74) is 11.6. The van der Waals surface area contributed by atoms with Crippen LogP contribution in [0.15, 0.2) is 0 Å². The number of ether oxygens (including phenoxy) is 2. The van der Waals surface area contributed by atoms with E-state index in [1.807, 2.05) is 0 Å². The third-order valence-corrected chi connectivity index (χ3v) is 3.14. The Labute approximate surface area is 166 Å². The highest BCUT2D eigenvalue weighted by atomic mass is 16.5. The molecular weight excluding hydrogens is 394 g/mol. The maximum atomic E-state index is 12.0. The van der Waals surface area contributed by atoms with E-state index in [0.717, 1.165) is 0 Å². The number of carbonyl (C=O) groups is 5. The van der Waals surface area contributed by atoms with Crippen molar-refractivity contribution in [1.29, 1.82) is 0 Å². The summed E-state index contributed by atoms with van der Waals surface area (Å²) in [7, 11) is 0. The number of hydrogen-bond acceptors (Lipinski definition) is 9. The van der Waals surface area contributed by atoms with Crippen LogP contribution in [-0.4, -0.2) is 86.4 Å². The lowest BCUT2D eigenvalue weighted by atomic mass is 10.2. The van der Waals surface area contributed by atoms with Gasteiger partial charge in [0.1, 0.15) is 18.7 Å². The van der Waals surface area contributed by atoms with Crippen molar-refractivity contribution in [2.24, 2.45) is 17.3 Å². The Morgan fingerprint density at radius 1 is 0.862 bits per heavy atom. The highest BCUT2D eigenvalue weighted by Gasteiger charge is 2.25. The predicted octanol–water partition coefficient (Wildman–Crippen LogP) is -5.48. The minimum atomic E-state index is -1.36. The summed E-state index contributed by atoms with van der Waals surface area (Å²) in [4.78, 5) is 56.7. The van der Waals surface area contributed by atoms with Crippen molar-refractivity contribution in [3.63, 3.8) is 0 Å². The summed E-state index contributed by atoms with van der Waals surface area (Å²) < 4.78 is 10.00. The van der Waals surface area contributed by atoms with Gasteiger partial charge in [0, 0.05) is 6.54 Å². The lowest BCUT2D eigenvalue weighted by molar-refractivity contribution is -0.127. The molecule has 0 aromatic carbocycles. The molecule has 0 aliphatic rings. The summed E-state index contributed by atoms with van der Waals surface area (Å²) in [6, 6.07) is -3.69. The minimum absolute atomic E-state index is 0.0638. The molecule has 166 valence electrons. The third-order valence-electron chi connectivity index (χ3n) is 3.14. The Bertz CT molecular complexity index is 574. The van der Waals surface area contributed by atoms with Crippen LogP contribution in [0.4, 0.5) is 4.79 Å². The molecule has 0 rings (SSSR count). The largest absolute Gasteiger partial charge is 0.394 e. The van der Waals surface area contributed by atoms with E-state index in [2.05, 4.69) is 16.0 Å². The molecule has 0 saturated carbocycles. The highest BCUT2D eigenvalue weighted by Crippen LogP contribution is 1.92. The monoisotopic (exact) mass is 421 g/mol. The average molecular weight is 421 g/mol. The van der Waals surface area contributed by atoms with Gasteiger partial charge in [-0.05, 0) is 0 Å². The molecule has 0 radical (unpaired) electrons. The standard InChI is InChI=1S/C14H27N7O8/c15-10(23)5-8(13(26)21-17)19-14(27)20-9(6-22)12(25)18-1-2-28-3-4-29-7-11(16)24/h8-9,22H,1-7,17H2,(H2,15,23)(H2,16,24)(H,18,25)(H,21,26)(H2,19,20,27)/t8-,9-/m1/s1. The Kier molecular flexibility index (Phi) is 13.4. The van der Waals surface area contributed by atoms with Crippen LogP contribution >= 0.6 is 0 Å². The van der Waals surface area contributed by atoms with Gasteiger partial charge in [0.25, 0.3) is 5.91 Å². The van der Waals surface area contributed by atoms with Crippen molar-refractivity contribution in [3.05, 3.63) is 0 Å². The molecule has 0 fully saturated rings. The van der Waals surface area contributed by atoms with Crippen LogP contribution in [0.1, 0.15) is 6.42 Å². The molecule has 0 bridgehead atoms. The van der Waals surface area contributed by atoms with Crippen LogP contribution in [0, 0.1) is 0 Å². The number of urea groups is 1. The number of rotatable bonds is 15. The number of amides is 6. The van der Waals surface area contributed by atoms with Crippen molar-refractivity contribution < 1.29 is 38.6 Å². The molecule has 2 atom stereocenters. The van der Waals surface area contributed by atoms with E-state index in [9.17, 15) is 29.1 Å². The van der Waals surface area contributed by atoms with Gasteiger partial charge < -0.3 is 42.0 Å². The van der Waals surface area contributed by atoms with Gasteiger partial charge in [-0.1, -0.05) is 0 Å². The first-order valence-electron chi connectivity index (χ1n) is 8.39. The predicted molar refractivity (Wildman–Crippen MR) is 96.3 cm³/mol. The molecule has 0 heterocycles. The summed E-state index contributed by atoms with van der Waals surface area (Å²) in [6.45, 7) is -0.482. The van der Waals surface area contributed by atoms with Gasteiger partial charge in [-0.15, -0.1) is 0 Å². The number of nitrogens with two attached hydrogens (primary N) is 3. The topological polar surface area (TPSA) is 250 Å². The van der Waals surface area contributed by atoms with Crippen LogP contribution in [0.2, 0.25) is 0 Å². The highest BCUT2D eigenvalue weighted by molar-refractivity contribution is 5.92. The number of nitrogens with one attached hydrogen (secondary N) is 4. The van der Waals surface area contributed by atoms with Crippen molar-refractivity contribution in [2.45, 2.75) is 18.5 Å². The molecular formula is C14H27N7O8. The van der Waals surface area contributed by atoms with Crippen molar-refractivity contribution in [2.75, 3.05) is 39.6 Å². The van der Waals surface area contributed by atoms with Gasteiger partial charge in [-0.3, -0.25) is 24.6 Å². The van der Waals surface area contributed by atoms with Gasteiger partial charge in [0.05, 0.1) is 32.8 Å². The molecule has 15 nitrogen and oxygen atoms in total. The molecule has 6 amide bonds. The zero-order chi connectivity index (χ0) is 22.2. The summed E-state index contributed by atoms with van der Waals surface area (Å²) in [5.74, 6) is 1.89. The first-order valence-corrected chi connectivity index (χ1v) is 8.39. The molecule has 0 unspecified atom stereocenters. The third kappa shape index (κ3) is 12.9. The van der Waals surface area contributed by atoms with Gasteiger partial charge in [-0.25, -0.2) is 10.6 Å². The lowest BCUT2D eigenvalue weighted by Crippen LogP contribution is -2.57. The molecule has 0 aliphatic heterocycles. The first-order chi connectivity index (χ1) is 13.7. The van der Waals surface area contributed by atoms with E-state index < -0.39 is 54.8 Å². The van der Waals surface area contributed by atoms with Crippen LogP contribution in [0.5, 0.6) is 0 Å². The Morgan fingerprint density at radius 3 is 2.03 bits per heavy atom. The van der Waals surface area contributed by atoms with Crippen LogP contribution < -0.4 is 38.7 Å². The van der Waals surface area contributed by atoms with E-state index >= 15 is 0 Å². The first kappa shape index (κ1) is 26.0. The quantitative estimate of drug-likeness (QED) is 0.0542. The van der Waals surface area contributed by atoms with Crippen molar-refractivity contribution >= 4 is 29.7 Å². The maximum absolute atomic E-state index is 12.0. The smallest absolute Gasteiger partial charge is 0.316 e. The molecule has 0 spiro atoms. The van der Waals surface area contributed by atoms with E-state index in [1.54, 1.807) is 5.43 Å². The average Bonchev–Trinajstić information content (AvgIpc) is 2.66. The van der Waals surface area contributed by atoms with Gasteiger partial charge in [0.2, 0.25) is 17.7 Å². The SMILES string of the molecule is NNC(=O)[C@@H](CC(N)=O)NC(=O)N[C@H](CO)C(=O)NCCOCCOCC(N)=O. The molecule has 0 aromatic heterocycles. The molecule has 0 aromatic rings. The zero-order valence-corrected chi connectivity index (χ0v) is 15.6. The normalized spacial score (nSPS) is 12.3. The Morgan fingerprint density at radius 2 is 1.48 bits per heavy atom. The second kappa shape index (κ2) is 15.0. The fourth-order valence-electron chi connectivity index (χ4n) is 1.83. The van der Waals surface area contributed by atoms with E-state index in [0.29, 0.717) is 0 Å². The fourth-order valence-corrected chi connectivity index (χ4v) is 1.83. The minimum Gasteiger partial charge on any atom is -0.394 e. The number of aliphatic hydroxyl groups excluding tert-OH is 1. The van der Waals surface area contributed by atoms with Gasteiger partial charge in [-0.2, -0.15) is 0 Å². The van der Waals surface area contributed by atoms with E-state index in [-0.39, 0.29) is 33.0 Å². The second-order valence-corrected chi connectivity index (χ2v) is 5.51. The van der Waals surface area contributed by atoms with Gasteiger partial charge >= 0.3 is 6.03 Å². The number of aliphatic hydroxyl groups is 1. The molecule has 29 heavy (non-hydrogen) atoms. The van der Waals surface area contributed by atoms with Crippen molar-refractivity contribution in [3.8, 4) is 0 Å².